The lowest BCUT2D eigenvalue weighted by molar-refractivity contribution is -0.137. The van der Waals surface area contributed by atoms with Crippen molar-refractivity contribution in [3.05, 3.63) is 48.6 Å². The molecule has 0 aliphatic rings. The first-order chi connectivity index (χ1) is 9.52. The lowest BCUT2D eigenvalue weighted by atomic mass is 9.95. The van der Waals surface area contributed by atoms with Gasteiger partial charge in [-0.1, -0.05) is 36.4 Å². The van der Waals surface area contributed by atoms with E-state index in [2.05, 4.69) is 11.9 Å². The number of rotatable bonds is 8. The summed E-state index contributed by atoms with van der Waals surface area (Å²) in [6.45, 7) is 5.58. The van der Waals surface area contributed by atoms with E-state index in [1.54, 1.807) is 6.08 Å². The largest absolute Gasteiger partial charge is 0.481 e. The van der Waals surface area contributed by atoms with Gasteiger partial charge in [-0.25, -0.2) is 0 Å². The molecule has 0 fully saturated rings. The van der Waals surface area contributed by atoms with Crippen molar-refractivity contribution in [2.75, 3.05) is 0 Å². The van der Waals surface area contributed by atoms with Crippen LogP contribution in [0.1, 0.15) is 37.7 Å². The minimum absolute atomic E-state index is 0.0251. The molecule has 2 atom stereocenters. The maximum absolute atomic E-state index is 11.9. The number of hydrogen-bond acceptors (Lipinski definition) is 2. The summed E-state index contributed by atoms with van der Waals surface area (Å²) in [7, 11) is 0. The monoisotopic (exact) mass is 275 g/mol. The summed E-state index contributed by atoms with van der Waals surface area (Å²) >= 11 is 0. The highest BCUT2D eigenvalue weighted by molar-refractivity contribution is 5.77. The zero-order chi connectivity index (χ0) is 15.0. The number of nitrogens with one attached hydrogen (secondary N) is 1. The molecule has 1 aromatic rings. The molecule has 0 aliphatic carbocycles. The number of carbonyl (C=O) groups is 2. The first kappa shape index (κ1) is 16.0. The van der Waals surface area contributed by atoms with Gasteiger partial charge in [0.1, 0.15) is 0 Å². The van der Waals surface area contributed by atoms with E-state index in [1.807, 2.05) is 37.3 Å². The maximum atomic E-state index is 11.9. The minimum Gasteiger partial charge on any atom is -0.481 e. The van der Waals surface area contributed by atoms with Crippen LogP contribution in [0.3, 0.4) is 0 Å². The van der Waals surface area contributed by atoms with Crippen LogP contribution >= 0.6 is 0 Å². The van der Waals surface area contributed by atoms with Crippen molar-refractivity contribution >= 4 is 11.9 Å². The van der Waals surface area contributed by atoms with Crippen LogP contribution in [0.4, 0.5) is 0 Å². The van der Waals surface area contributed by atoms with Gasteiger partial charge >= 0.3 is 5.97 Å². The quantitative estimate of drug-likeness (QED) is 0.717. The molecule has 1 rings (SSSR count). The second-order valence-electron chi connectivity index (χ2n) is 4.86. The van der Waals surface area contributed by atoms with Crippen molar-refractivity contribution in [2.45, 2.75) is 38.1 Å². The van der Waals surface area contributed by atoms with Gasteiger partial charge in [0, 0.05) is 24.8 Å². The van der Waals surface area contributed by atoms with Crippen LogP contribution in [0.15, 0.2) is 43.0 Å². The van der Waals surface area contributed by atoms with Gasteiger partial charge in [0.2, 0.25) is 5.91 Å². The maximum Gasteiger partial charge on any atom is 0.303 e. The first-order valence-electron chi connectivity index (χ1n) is 6.71. The summed E-state index contributed by atoms with van der Waals surface area (Å²) in [6, 6.07) is 9.58. The average molecular weight is 275 g/mol. The molecule has 20 heavy (non-hydrogen) atoms. The van der Waals surface area contributed by atoms with Crippen molar-refractivity contribution in [1.82, 2.24) is 5.32 Å². The molecule has 1 aromatic carbocycles. The highest BCUT2D eigenvalue weighted by Crippen LogP contribution is 2.20. The third kappa shape index (κ3) is 5.69. The van der Waals surface area contributed by atoms with Crippen molar-refractivity contribution in [3.63, 3.8) is 0 Å². The Morgan fingerprint density at radius 3 is 2.55 bits per heavy atom. The molecule has 0 bridgehead atoms. The molecular weight excluding hydrogens is 254 g/mol. The highest BCUT2D eigenvalue weighted by atomic mass is 16.4. The van der Waals surface area contributed by atoms with Crippen LogP contribution in [0.5, 0.6) is 0 Å². The molecule has 0 saturated carbocycles. The number of carbonyl (C=O) groups excluding carboxylic acids is 1. The topological polar surface area (TPSA) is 66.4 Å². The Hall–Kier alpha value is -2.10. The Balaban J connectivity index is 2.48. The predicted molar refractivity (Wildman–Crippen MR) is 78.5 cm³/mol. The Kier molecular flexibility index (Phi) is 6.50. The van der Waals surface area contributed by atoms with Gasteiger partial charge in [0.25, 0.3) is 0 Å². The Morgan fingerprint density at radius 1 is 1.35 bits per heavy atom. The Morgan fingerprint density at radius 2 is 2.00 bits per heavy atom. The zero-order valence-corrected chi connectivity index (χ0v) is 11.7. The number of hydrogen-bond donors (Lipinski definition) is 2. The van der Waals surface area contributed by atoms with Gasteiger partial charge in [0.05, 0.1) is 0 Å². The number of aliphatic carboxylic acids is 1. The number of carboxylic acids is 1. The van der Waals surface area contributed by atoms with E-state index in [4.69, 9.17) is 5.11 Å². The van der Waals surface area contributed by atoms with Gasteiger partial charge in [-0.15, -0.1) is 6.58 Å². The molecule has 2 unspecified atom stereocenters. The summed E-state index contributed by atoms with van der Waals surface area (Å²) in [4.78, 5) is 22.4. The van der Waals surface area contributed by atoms with E-state index in [-0.39, 0.29) is 24.3 Å². The summed E-state index contributed by atoms with van der Waals surface area (Å²) in [6.07, 6.45) is 2.58. The number of amides is 1. The standard InChI is InChI=1S/C16H21NO3/c1-3-13(14-7-5-4-6-8-14)11-15(18)17-12(2)9-10-16(19)20/h3-8,12-13H,1,9-11H2,2H3,(H,17,18)(H,19,20). The summed E-state index contributed by atoms with van der Waals surface area (Å²) in [5.74, 6) is -0.959. The third-order valence-electron chi connectivity index (χ3n) is 3.12. The summed E-state index contributed by atoms with van der Waals surface area (Å²) < 4.78 is 0. The van der Waals surface area contributed by atoms with Gasteiger partial charge < -0.3 is 10.4 Å². The highest BCUT2D eigenvalue weighted by Gasteiger charge is 2.14. The van der Waals surface area contributed by atoms with Crippen LogP contribution < -0.4 is 5.32 Å². The average Bonchev–Trinajstić information content (AvgIpc) is 2.43. The summed E-state index contributed by atoms with van der Waals surface area (Å²) in [5.41, 5.74) is 1.05. The molecule has 0 aliphatic heterocycles. The Bertz CT molecular complexity index is 456. The fourth-order valence-electron chi connectivity index (χ4n) is 1.98. The van der Waals surface area contributed by atoms with E-state index in [1.165, 1.54) is 0 Å². The number of allylic oxidation sites excluding steroid dienone is 1. The number of carboxylic acid groups (broad SMARTS) is 1. The molecule has 0 saturated heterocycles. The van der Waals surface area contributed by atoms with Gasteiger partial charge in [0.15, 0.2) is 0 Å². The first-order valence-corrected chi connectivity index (χ1v) is 6.71. The van der Waals surface area contributed by atoms with Crippen LogP contribution in [0.25, 0.3) is 0 Å². The predicted octanol–water partition coefficient (Wildman–Crippen LogP) is 2.72. The van der Waals surface area contributed by atoms with E-state index >= 15 is 0 Å². The van der Waals surface area contributed by atoms with E-state index in [9.17, 15) is 9.59 Å². The van der Waals surface area contributed by atoms with E-state index in [0.717, 1.165) is 5.56 Å². The molecule has 0 aromatic heterocycles. The molecule has 4 nitrogen and oxygen atoms in total. The second kappa shape index (κ2) is 8.15. The van der Waals surface area contributed by atoms with Crippen LogP contribution in [-0.4, -0.2) is 23.0 Å². The smallest absolute Gasteiger partial charge is 0.303 e. The lowest BCUT2D eigenvalue weighted by Crippen LogP contribution is -2.33. The second-order valence-corrected chi connectivity index (χ2v) is 4.86. The normalized spacial score (nSPS) is 13.2. The van der Waals surface area contributed by atoms with E-state index < -0.39 is 5.97 Å². The van der Waals surface area contributed by atoms with Crippen LogP contribution in [0, 0.1) is 0 Å². The van der Waals surface area contributed by atoms with Crippen LogP contribution in [0.2, 0.25) is 0 Å². The summed E-state index contributed by atoms with van der Waals surface area (Å²) in [5, 5.41) is 11.4. The Labute approximate surface area is 119 Å². The molecule has 108 valence electrons. The molecule has 0 spiro atoms. The van der Waals surface area contributed by atoms with Crippen molar-refractivity contribution in [1.29, 1.82) is 0 Å². The van der Waals surface area contributed by atoms with Gasteiger partial charge in [-0.3, -0.25) is 9.59 Å². The van der Waals surface area contributed by atoms with Crippen LogP contribution in [-0.2, 0) is 9.59 Å². The molecule has 1 amide bonds. The molecular formula is C16H21NO3. The van der Waals surface area contributed by atoms with Crippen molar-refractivity contribution in [2.24, 2.45) is 0 Å². The van der Waals surface area contributed by atoms with Crippen molar-refractivity contribution in [3.8, 4) is 0 Å². The van der Waals surface area contributed by atoms with Crippen molar-refractivity contribution < 1.29 is 14.7 Å². The van der Waals surface area contributed by atoms with Gasteiger partial charge in [-0.2, -0.15) is 0 Å². The van der Waals surface area contributed by atoms with E-state index in [0.29, 0.717) is 12.8 Å². The molecule has 0 heterocycles. The molecule has 0 radical (unpaired) electrons. The third-order valence-corrected chi connectivity index (χ3v) is 3.12. The lowest BCUT2D eigenvalue weighted by Gasteiger charge is -2.16. The number of benzene rings is 1. The molecule has 2 N–H and O–H groups in total. The zero-order valence-electron chi connectivity index (χ0n) is 11.7. The van der Waals surface area contributed by atoms with Gasteiger partial charge in [-0.05, 0) is 18.9 Å². The minimum atomic E-state index is -0.848. The molecule has 4 heteroatoms. The SMILES string of the molecule is C=CC(CC(=O)NC(C)CCC(=O)O)c1ccccc1. The fourth-order valence-corrected chi connectivity index (χ4v) is 1.98. The fraction of sp³-hybridized carbons (Fsp3) is 0.375.